The van der Waals surface area contributed by atoms with E-state index >= 15 is 0 Å². The molecule has 31 heavy (non-hydrogen) atoms. The van der Waals surface area contributed by atoms with Gasteiger partial charge in [-0.05, 0) is 52.9 Å². The summed E-state index contributed by atoms with van der Waals surface area (Å²) >= 11 is 1.55. The van der Waals surface area contributed by atoms with Gasteiger partial charge in [-0.1, -0.05) is 0 Å². The van der Waals surface area contributed by atoms with Crippen LogP contribution in [-0.2, 0) is 12.8 Å². The van der Waals surface area contributed by atoms with Crippen LogP contribution in [0, 0.1) is 0 Å². The SMILES string of the molecule is NC(=O)c1cc(CCOc2nnc(Nc3ccc4c(c3)CCO4)c3ccsc23)ccn1. The van der Waals surface area contributed by atoms with Gasteiger partial charge in [0.15, 0.2) is 5.82 Å². The van der Waals surface area contributed by atoms with E-state index in [1.807, 2.05) is 29.6 Å². The van der Waals surface area contributed by atoms with Gasteiger partial charge in [0, 0.05) is 30.1 Å². The van der Waals surface area contributed by atoms with E-state index in [0.29, 0.717) is 24.7 Å². The second-order valence-electron chi connectivity index (χ2n) is 7.08. The first-order valence-corrected chi connectivity index (χ1v) is 10.7. The molecule has 1 aliphatic heterocycles. The molecule has 1 aliphatic rings. The monoisotopic (exact) mass is 433 g/mol. The predicted octanol–water partition coefficient (Wildman–Crippen LogP) is 3.49. The van der Waals surface area contributed by atoms with Crippen molar-refractivity contribution in [3.05, 3.63) is 64.8 Å². The van der Waals surface area contributed by atoms with Crippen LogP contribution in [0.2, 0.25) is 0 Å². The second kappa shape index (κ2) is 8.19. The lowest BCUT2D eigenvalue weighted by atomic mass is 10.1. The number of thiophene rings is 1. The number of fused-ring (bicyclic) bond motifs is 2. The Bertz CT molecular complexity index is 1270. The average molecular weight is 433 g/mol. The van der Waals surface area contributed by atoms with Crippen molar-refractivity contribution in [3.8, 4) is 11.6 Å². The molecule has 0 unspecified atom stereocenters. The highest BCUT2D eigenvalue weighted by molar-refractivity contribution is 7.17. The third kappa shape index (κ3) is 3.99. The van der Waals surface area contributed by atoms with Crippen LogP contribution < -0.4 is 20.5 Å². The zero-order valence-electron chi connectivity index (χ0n) is 16.5. The van der Waals surface area contributed by atoms with Crippen LogP contribution in [0.5, 0.6) is 11.6 Å². The lowest BCUT2D eigenvalue weighted by Gasteiger charge is -2.10. The Balaban J connectivity index is 1.30. The van der Waals surface area contributed by atoms with E-state index < -0.39 is 5.91 Å². The van der Waals surface area contributed by atoms with E-state index in [2.05, 4.69) is 26.6 Å². The summed E-state index contributed by atoms with van der Waals surface area (Å²) in [5.74, 6) is 1.57. The highest BCUT2D eigenvalue weighted by Crippen LogP contribution is 2.35. The molecule has 0 saturated carbocycles. The molecule has 0 atom stereocenters. The zero-order valence-corrected chi connectivity index (χ0v) is 17.3. The smallest absolute Gasteiger partial charge is 0.267 e. The third-order valence-corrected chi connectivity index (χ3v) is 5.92. The Morgan fingerprint density at radius 2 is 2.16 bits per heavy atom. The first kappa shape index (κ1) is 19.3. The zero-order chi connectivity index (χ0) is 21.2. The predicted molar refractivity (Wildman–Crippen MR) is 118 cm³/mol. The van der Waals surface area contributed by atoms with Crippen LogP contribution in [0.4, 0.5) is 11.5 Å². The summed E-state index contributed by atoms with van der Waals surface area (Å²) in [5.41, 5.74) is 8.58. The lowest BCUT2D eigenvalue weighted by Crippen LogP contribution is -2.13. The number of anilines is 2. The molecule has 0 spiro atoms. The van der Waals surface area contributed by atoms with Gasteiger partial charge < -0.3 is 20.5 Å². The fourth-order valence-corrected chi connectivity index (χ4v) is 4.31. The molecule has 0 saturated heterocycles. The van der Waals surface area contributed by atoms with Crippen molar-refractivity contribution in [1.82, 2.24) is 15.2 Å². The van der Waals surface area contributed by atoms with E-state index in [1.54, 1.807) is 23.6 Å². The van der Waals surface area contributed by atoms with E-state index in [0.717, 1.165) is 40.1 Å². The minimum atomic E-state index is -0.548. The van der Waals surface area contributed by atoms with Crippen molar-refractivity contribution in [2.75, 3.05) is 18.5 Å². The number of amides is 1. The summed E-state index contributed by atoms with van der Waals surface area (Å²) in [7, 11) is 0. The number of rotatable bonds is 7. The highest BCUT2D eigenvalue weighted by atomic mass is 32.1. The minimum absolute atomic E-state index is 0.242. The molecule has 0 bridgehead atoms. The summed E-state index contributed by atoms with van der Waals surface area (Å²) in [4.78, 5) is 15.2. The van der Waals surface area contributed by atoms with Crippen LogP contribution in [0.3, 0.4) is 0 Å². The molecule has 3 aromatic heterocycles. The molecule has 4 heterocycles. The minimum Gasteiger partial charge on any atom is -0.493 e. The maximum Gasteiger partial charge on any atom is 0.267 e. The van der Waals surface area contributed by atoms with Gasteiger partial charge in [0.1, 0.15) is 16.1 Å². The fraction of sp³-hybridized carbons (Fsp3) is 0.182. The summed E-state index contributed by atoms with van der Waals surface area (Å²) in [6.45, 7) is 1.12. The van der Waals surface area contributed by atoms with E-state index in [-0.39, 0.29) is 5.69 Å². The molecular formula is C22H19N5O3S. The number of pyridine rings is 1. The maximum atomic E-state index is 11.3. The van der Waals surface area contributed by atoms with Crippen LogP contribution in [0.1, 0.15) is 21.6 Å². The average Bonchev–Trinajstić information content (AvgIpc) is 3.45. The number of hydrogen-bond donors (Lipinski definition) is 2. The summed E-state index contributed by atoms with van der Waals surface area (Å²) in [5, 5.41) is 14.9. The fourth-order valence-electron chi connectivity index (χ4n) is 3.47. The topological polar surface area (TPSA) is 112 Å². The molecule has 1 amide bonds. The van der Waals surface area contributed by atoms with Gasteiger partial charge >= 0.3 is 0 Å². The molecule has 0 fully saturated rings. The molecule has 8 nitrogen and oxygen atoms in total. The van der Waals surface area contributed by atoms with Crippen LogP contribution in [0.15, 0.2) is 48.0 Å². The number of carbonyl (C=O) groups excluding carboxylic acids is 1. The van der Waals surface area contributed by atoms with Gasteiger partial charge in [-0.2, -0.15) is 0 Å². The Hall–Kier alpha value is -3.72. The quantitative estimate of drug-likeness (QED) is 0.459. The number of hydrogen-bond acceptors (Lipinski definition) is 8. The van der Waals surface area contributed by atoms with Gasteiger partial charge in [-0.3, -0.25) is 9.78 Å². The van der Waals surface area contributed by atoms with E-state index in [9.17, 15) is 4.79 Å². The van der Waals surface area contributed by atoms with E-state index in [1.165, 1.54) is 5.56 Å². The Morgan fingerprint density at radius 1 is 1.23 bits per heavy atom. The molecule has 0 radical (unpaired) electrons. The van der Waals surface area contributed by atoms with E-state index in [4.69, 9.17) is 15.2 Å². The number of carbonyl (C=O) groups is 1. The van der Waals surface area contributed by atoms with Crippen LogP contribution >= 0.6 is 11.3 Å². The third-order valence-electron chi connectivity index (χ3n) is 5.01. The standard InChI is InChI=1S/C22H19N5O3S/c23-20(28)17-11-13(3-7-24-17)4-8-30-22-19-16(6-10-31-19)21(26-27-22)25-15-1-2-18-14(12-15)5-9-29-18/h1-3,6-7,10-12H,4-5,8-9H2,(H2,23,28)(H,25,26). The lowest BCUT2D eigenvalue weighted by molar-refractivity contribution is 0.0995. The molecule has 0 aliphatic carbocycles. The second-order valence-corrected chi connectivity index (χ2v) is 7.99. The normalized spacial score (nSPS) is 12.4. The number of nitrogens with zero attached hydrogens (tertiary/aromatic N) is 3. The number of nitrogens with one attached hydrogen (secondary N) is 1. The van der Waals surface area contributed by atoms with Gasteiger partial charge in [-0.25, -0.2) is 0 Å². The van der Waals surface area contributed by atoms with Gasteiger partial charge in [0.25, 0.3) is 11.8 Å². The Kier molecular flexibility index (Phi) is 5.09. The highest BCUT2D eigenvalue weighted by Gasteiger charge is 2.15. The first-order valence-electron chi connectivity index (χ1n) is 9.81. The van der Waals surface area contributed by atoms with Crippen molar-refractivity contribution in [3.63, 3.8) is 0 Å². The molecule has 156 valence electrons. The van der Waals surface area contributed by atoms with Crippen molar-refractivity contribution in [2.45, 2.75) is 12.8 Å². The molecule has 1 aromatic carbocycles. The molecule has 9 heteroatoms. The van der Waals surface area contributed by atoms with Gasteiger partial charge in [0.05, 0.1) is 13.2 Å². The number of nitrogens with two attached hydrogens (primary N) is 1. The molecule has 3 N–H and O–H groups in total. The Labute approximate surface area is 182 Å². The van der Waals surface area contributed by atoms with Gasteiger partial charge in [-0.15, -0.1) is 21.5 Å². The van der Waals surface area contributed by atoms with Crippen molar-refractivity contribution in [1.29, 1.82) is 0 Å². The van der Waals surface area contributed by atoms with Crippen molar-refractivity contribution in [2.24, 2.45) is 5.73 Å². The first-order chi connectivity index (χ1) is 15.2. The van der Waals surface area contributed by atoms with Crippen molar-refractivity contribution >= 4 is 38.8 Å². The number of aromatic nitrogens is 3. The van der Waals surface area contributed by atoms with Crippen molar-refractivity contribution < 1.29 is 14.3 Å². The number of primary amides is 1. The molecule has 4 aromatic rings. The summed E-state index contributed by atoms with van der Waals surface area (Å²) in [6, 6.07) is 11.5. The molecular weight excluding hydrogens is 414 g/mol. The van der Waals surface area contributed by atoms with Crippen LogP contribution in [0.25, 0.3) is 10.1 Å². The van der Waals surface area contributed by atoms with Gasteiger partial charge in [0.2, 0.25) is 0 Å². The van der Waals surface area contributed by atoms with Crippen LogP contribution in [-0.4, -0.2) is 34.3 Å². The maximum absolute atomic E-state index is 11.3. The Morgan fingerprint density at radius 3 is 3.06 bits per heavy atom. The summed E-state index contributed by atoms with van der Waals surface area (Å²) in [6.07, 6.45) is 3.07. The number of benzene rings is 1. The largest absolute Gasteiger partial charge is 0.493 e. The number of ether oxygens (including phenoxy) is 2. The molecule has 5 rings (SSSR count). The summed E-state index contributed by atoms with van der Waals surface area (Å²) < 4.78 is 12.4.